The average Bonchev–Trinajstić information content (AvgIpc) is 2.16. The number of nitrogens with zero attached hydrogens (tertiary/aromatic N) is 1. The third kappa shape index (κ3) is 3.67. The van der Waals surface area contributed by atoms with Gasteiger partial charge >= 0.3 is 6.03 Å². The minimum absolute atomic E-state index is 0.0453. The molecule has 0 aromatic carbocycles. The lowest BCUT2D eigenvalue weighted by molar-refractivity contribution is -0.0141. The SMILES string of the molecule is CC(C)CCNC(=O)N1C(C)COCC1C. The number of rotatable bonds is 3. The van der Waals surface area contributed by atoms with Gasteiger partial charge in [0.05, 0.1) is 25.3 Å². The van der Waals surface area contributed by atoms with Crippen LogP contribution in [0.4, 0.5) is 4.79 Å². The van der Waals surface area contributed by atoms with Crippen molar-refractivity contribution in [2.45, 2.75) is 46.2 Å². The number of hydrogen-bond acceptors (Lipinski definition) is 2. The van der Waals surface area contributed by atoms with Crippen LogP contribution < -0.4 is 5.32 Å². The summed E-state index contributed by atoms with van der Waals surface area (Å²) in [6, 6.07) is 0.384. The lowest BCUT2D eigenvalue weighted by Gasteiger charge is -2.38. The Morgan fingerprint density at radius 2 is 1.94 bits per heavy atom. The first kappa shape index (κ1) is 13.3. The molecule has 4 nitrogen and oxygen atoms in total. The Morgan fingerprint density at radius 3 is 2.44 bits per heavy atom. The van der Waals surface area contributed by atoms with Gasteiger partial charge in [0, 0.05) is 6.54 Å². The van der Waals surface area contributed by atoms with Crippen LogP contribution in [0.2, 0.25) is 0 Å². The average molecular weight is 228 g/mol. The number of urea groups is 1. The second kappa shape index (κ2) is 6.09. The molecule has 2 amide bonds. The van der Waals surface area contributed by atoms with E-state index in [2.05, 4.69) is 19.2 Å². The summed E-state index contributed by atoms with van der Waals surface area (Å²) in [5.74, 6) is 0.625. The molecule has 0 aliphatic carbocycles. The summed E-state index contributed by atoms with van der Waals surface area (Å²) in [5, 5.41) is 2.98. The summed E-state index contributed by atoms with van der Waals surface area (Å²) < 4.78 is 5.40. The van der Waals surface area contributed by atoms with Crippen molar-refractivity contribution < 1.29 is 9.53 Å². The van der Waals surface area contributed by atoms with Crippen molar-refractivity contribution in [3.8, 4) is 0 Å². The van der Waals surface area contributed by atoms with Crippen molar-refractivity contribution in [1.82, 2.24) is 10.2 Å². The molecule has 1 N–H and O–H groups in total. The van der Waals surface area contributed by atoms with E-state index in [9.17, 15) is 4.79 Å². The van der Waals surface area contributed by atoms with Gasteiger partial charge in [-0.2, -0.15) is 0 Å². The maximum atomic E-state index is 12.0. The van der Waals surface area contributed by atoms with Crippen LogP contribution in [0.5, 0.6) is 0 Å². The van der Waals surface area contributed by atoms with E-state index in [0.29, 0.717) is 19.1 Å². The number of morpholine rings is 1. The Kier molecular flexibility index (Phi) is 5.06. The quantitative estimate of drug-likeness (QED) is 0.801. The molecule has 1 heterocycles. The molecule has 16 heavy (non-hydrogen) atoms. The van der Waals surface area contributed by atoms with E-state index >= 15 is 0 Å². The second-order valence-electron chi connectivity index (χ2n) is 5.06. The first-order valence-corrected chi connectivity index (χ1v) is 6.16. The minimum Gasteiger partial charge on any atom is -0.377 e. The second-order valence-corrected chi connectivity index (χ2v) is 5.06. The fourth-order valence-corrected chi connectivity index (χ4v) is 1.96. The number of carbonyl (C=O) groups excluding carboxylic acids is 1. The molecular formula is C12H24N2O2. The number of carbonyl (C=O) groups is 1. The number of nitrogens with one attached hydrogen (secondary N) is 1. The first-order chi connectivity index (χ1) is 7.52. The fourth-order valence-electron chi connectivity index (χ4n) is 1.96. The lowest BCUT2D eigenvalue weighted by Crippen LogP contribution is -2.55. The van der Waals surface area contributed by atoms with E-state index in [4.69, 9.17) is 4.74 Å². The summed E-state index contributed by atoms with van der Waals surface area (Å²) in [4.78, 5) is 13.9. The summed E-state index contributed by atoms with van der Waals surface area (Å²) in [6.07, 6.45) is 1.03. The van der Waals surface area contributed by atoms with Gasteiger partial charge in [-0.3, -0.25) is 0 Å². The smallest absolute Gasteiger partial charge is 0.318 e. The zero-order valence-corrected chi connectivity index (χ0v) is 10.8. The predicted octanol–water partition coefficient (Wildman–Crippen LogP) is 1.85. The van der Waals surface area contributed by atoms with Gasteiger partial charge in [0.15, 0.2) is 0 Å². The van der Waals surface area contributed by atoms with Crippen LogP contribution in [0, 0.1) is 5.92 Å². The Morgan fingerprint density at radius 1 is 1.38 bits per heavy atom. The lowest BCUT2D eigenvalue weighted by atomic mass is 10.1. The van der Waals surface area contributed by atoms with Gasteiger partial charge in [-0.1, -0.05) is 13.8 Å². The van der Waals surface area contributed by atoms with E-state index < -0.39 is 0 Å². The normalized spacial score (nSPS) is 25.9. The Labute approximate surface area is 98.3 Å². The molecule has 2 unspecified atom stereocenters. The molecule has 0 saturated carbocycles. The molecule has 1 fully saturated rings. The highest BCUT2D eigenvalue weighted by Gasteiger charge is 2.29. The fraction of sp³-hybridized carbons (Fsp3) is 0.917. The van der Waals surface area contributed by atoms with E-state index in [1.54, 1.807) is 0 Å². The van der Waals surface area contributed by atoms with Gasteiger partial charge in [0.25, 0.3) is 0 Å². The first-order valence-electron chi connectivity index (χ1n) is 6.16. The molecule has 94 valence electrons. The maximum absolute atomic E-state index is 12.0. The van der Waals surface area contributed by atoms with Crippen LogP contribution in [0.3, 0.4) is 0 Å². The van der Waals surface area contributed by atoms with Gasteiger partial charge in [0.2, 0.25) is 0 Å². The van der Waals surface area contributed by atoms with E-state index in [0.717, 1.165) is 13.0 Å². The zero-order chi connectivity index (χ0) is 12.1. The highest BCUT2D eigenvalue weighted by molar-refractivity contribution is 5.75. The van der Waals surface area contributed by atoms with Gasteiger partial charge in [-0.05, 0) is 26.2 Å². The zero-order valence-electron chi connectivity index (χ0n) is 10.8. The molecule has 0 aromatic heterocycles. The van der Waals surface area contributed by atoms with Gasteiger partial charge < -0.3 is 15.0 Å². The summed E-state index contributed by atoms with van der Waals surface area (Å²) in [5.41, 5.74) is 0. The number of ether oxygens (including phenoxy) is 1. The summed E-state index contributed by atoms with van der Waals surface area (Å²) >= 11 is 0. The molecule has 1 aliphatic rings. The molecule has 2 atom stereocenters. The van der Waals surface area contributed by atoms with Crippen molar-refractivity contribution in [1.29, 1.82) is 0 Å². The molecule has 0 aromatic rings. The van der Waals surface area contributed by atoms with Gasteiger partial charge in [-0.15, -0.1) is 0 Å². The molecule has 4 heteroatoms. The Bertz CT molecular complexity index is 221. The highest BCUT2D eigenvalue weighted by atomic mass is 16.5. The van der Waals surface area contributed by atoms with Crippen LogP contribution in [0.1, 0.15) is 34.1 Å². The van der Waals surface area contributed by atoms with E-state index in [-0.39, 0.29) is 18.1 Å². The third-order valence-electron chi connectivity index (χ3n) is 2.90. The number of amides is 2. The van der Waals surface area contributed by atoms with Crippen LogP contribution in [-0.4, -0.2) is 42.8 Å². The van der Waals surface area contributed by atoms with Crippen molar-refractivity contribution in [3.63, 3.8) is 0 Å². The third-order valence-corrected chi connectivity index (χ3v) is 2.90. The van der Waals surface area contributed by atoms with Gasteiger partial charge in [-0.25, -0.2) is 4.79 Å². The van der Waals surface area contributed by atoms with Crippen LogP contribution in [-0.2, 0) is 4.74 Å². The maximum Gasteiger partial charge on any atom is 0.318 e. The molecule has 0 radical (unpaired) electrons. The van der Waals surface area contributed by atoms with Gasteiger partial charge in [0.1, 0.15) is 0 Å². The molecular weight excluding hydrogens is 204 g/mol. The molecule has 1 aliphatic heterocycles. The van der Waals surface area contributed by atoms with Crippen LogP contribution in [0.15, 0.2) is 0 Å². The summed E-state index contributed by atoms with van der Waals surface area (Å²) in [7, 11) is 0. The summed E-state index contributed by atoms with van der Waals surface area (Å²) in [6.45, 7) is 10.4. The van der Waals surface area contributed by atoms with Crippen LogP contribution >= 0.6 is 0 Å². The van der Waals surface area contributed by atoms with Crippen molar-refractivity contribution in [2.24, 2.45) is 5.92 Å². The van der Waals surface area contributed by atoms with E-state index in [1.165, 1.54) is 0 Å². The Hall–Kier alpha value is -0.770. The highest BCUT2D eigenvalue weighted by Crippen LogP contribution is 2.12. The largest absolute Gasteiger partial charge is 0.377 e. The predicted molar refractivity (Wildman–Crippen MR) is 64.4 cm³/mol. The molecule has 1 saturated heterocycles. The molecule has 0 bridgehead atoms. The van der Waals surface area contributed by atoms with Crippen molar-refractivity contribution in [2.75, 3.05) is 19.8 Å². The molecule has 1 rings (SSSR count). The standard InChI is InChI=1S/C12H24N2O2/c1-9(2)5-6-13-12(15)14-10(3)7-16-8-11(14)4/h9-11H,5-8H2,1-4H3,(H,13,15). The minimum atomic E-state index is 0.0453. The van der Waals surface area contributed by atoms with Crippen molar-refractivity contribution >= 4 is 6.03 Å². The monoisotopic (exact) mass is 228 g/mol. The number of hydrogen-bond donors (Lipinski definition) is 1. The van der Waals surface area contributed by atoms with E-state index in [1.807, 2.05) is 18.7 Å². The Balaban J connectivity index is 2.39. The molecule has 0 spiro atoms. The van der Waals surface area contributed by atoms with Crippen LogP contribution in [0.25, 0.3) is 0 Å². The van der Waals surface area contributed by atoms with Crippen molar-refractivity contribution in [3.05, 3.63) is 0 Å². The topological polar surface area (TPSA) is 41.6 Å².